The van der Waals surface area contributed by atoms with Crippen LogP contribution < -0.4 is 10.1 Å². The van der Waals surface area contributed by atoms with E-state index in [1.165, 1.54) is 0 Å². The van der Waals surface area contributed by atoms with E-state index in [9.17, 15) is 4.79 Å². The SMILES string of the molecule is CC(Oc1ccccc1Cl)C(=O)NCc1ccccc1. The maximum Gasteiger partial charge on any atom is 0.261 e. The molecular weight excluding hydrogens is 274 g/mol. The molecule has 20 heavy (non-hydrogen) atoms. The first-order valence-electron chi connectivity index (χ1n) is 6.39. The van der Waals surface area contributed by atoms with Crippen LogP contribution in [0.4, 0.5) is 0 Å². The van der Waals surface area contributed by atoms with Crippen molar-refractivity contribution in [1.82, 2.24) is 5.32 Å². The molecule has 0 saturated heterocycles. The Bertz CT molecular complexity index is 572. The summed E-state index contributed by atoms with van der Waals surface area (Å²) in [6, 6.07) is 16.8. The van der Waals surface area contributed by atoms with Crippen molar-refractivity contribution in [3.63, 3.8) is 0 Å². The lowest BCUT2D eigenvalue weighted by atomic mass is 10.2. The molecule has 2 aromatic rings. The van der Waals surface area contributed by atoms with Crippen LogP contribution >= 0.6 is 11.6 Å². The van der Waals surface area contributed by atoms with E-state index in [2.05, 4.69) is 5.32 Å². The third-order valence-corrected chi connectivity index (χ3v) is 3.13. The molecule has 2 aromatic carbocycles. The summed E-state index contributed by atoms with van der Waals surface area (Å²) < 4.78 is 5.55. The average molecular weight is 290 g/mol. The molecule has 1 unspecified atom stereocenters. The van der Waals surface area contributed by atoms with Crippen LogP contribution in [0.25, 0.3) is 0 Å². The quantitative estimate of drug-likeness (QED) is 0.916. The predicted octanol–water partition coefficient (Wildman–Crippen LogP) is 3.42. The molecule has 0 spiro atoms. The number of benzene rings is 2. The molecule has 104 valence electrons. The standard InChI is InChI=1S/C16H16ClNO2/c1-12(20-15-10-6-5-9-14(15)17)16(19)18-11-13-7-3-2-4-8-13/h2-10,12H,11H2,1H3,(H,18,19). The highest BCUT2D eigenvalue weighted by Gasteiger charge is 2.15. The molecule has 4 heteroatoms. The van der Waals surface area contributed by atoms with Crippen LogP contribution in [-0.4, -0.2) is 12.0 Å². The van der Waals surface area contributed by atoms with Crippen molar-refractivity contribution in [3.05, 3.63) is 65.2 Å². The van der Waals surface area contributed by atoms with E-state index in [0.29, 0.717) is 17.3 Å². The normalized spacial score (nSPS) is 11.7. The molecular formula is C16H16ClNO2. The van der Waals surface area contributed by atoms with E-state index in [4.69, 9.17) is 16.3 Å². The molecule has 0 heterocycles. The Kier molecular flexibility index (Phi) is 5.02. The van der Waals surface area contributed by atoms with Gasteiger partial charge in [0.1, 0.15) is 5.75 Å². The smallest absolute Gasteiger partial charge is 0.261 e. The number of ether oxygens (including phenoxy) is 1. The van der Waals surface area contributed by atoms with E-state index in [1.807, 2.05) is 42.5 Å². The molecule has 0 aliphatic carbocycles. The van der Waals surface area contributed by atoms with E-state index >= 15 is 0 Å². The third-order valence-electron chi connectivity index (χ3n) is 2.82. The van der Waals surface area contributed by atoms with Crippen LogP contribution in [0.1, 0.15) is 12.5 Å². The summed E-state index contributed by atoms with van der Waals surface area (Å²) in [6.07, 6.45) is -0.599. The van der Waals surface area contributed by atoms with Gasteiger partial charge in [-0.15, -0.1) is 0 Å². The van der Waals surface area contributed by atoms with Crippen LogP contribution in [0.3, 0.4) is 0 Å². The Labute approximate surface area is 123 Å². The monoisotopic (exact) mass is 289 g/mol. The molecule has 1 amide bonds. The minimum absolute atomic E-state index is 0.172. The summed E-state index contributed by atoms with van der Waals surface area (Å²) in [5.41, 5.74) is 1.05. The van der Waals surface area contributed by atoms with E-state index in [1.54, 1.807) is 19.1 Å². The van der Waals surface area contributed by atoms with Gasteiger partial charge in [-0.2, -0.15) is 0 Å². The lowest BCUT2D eigenvalue weighted by molar-refractivity contribution is -0.127. The lowest BCUT2D eigenvalue weighted by Crippen LogP contribution is -2.35. The first-order valence-corrected chi connectivity index (χ1v) is 6.77. The van der Waals surface area contributed by atoms with Crippen molar-refractivity contribution >= 4 is 17.5 Å². The van der Waals surface area contributed by atoms with Gasteiger partial charge in [0.05, 0.1) is 5.02 Å². The zero-order valence-electron chi connectivity index (χ0n) is 11.2. The summed E-state index contributed by atoms with van der Waals surface area (Å²) in [5, 5.41) is 3.33. The Hall–Kier alpha value is -2.00. The second-order valence-corrected chi connectivity index (χ2v) is 4.80. The molecule has 3 nitrogen and oxygen atoms in total. The number of carbonyl (C=O) groups is 1. The van der Waals surface area contributed by atoms with Gasteiger partial charge >= 0.3 is 0 Å². The maximum absolute atomic E-state index is 12.0. The second-order valence-electron chi connectivity index (χ2n) is 4.39. The van der Waals surface area contributed by atoms with Crippen LogP contribution in [0.2, 0.25) is 5.02 Å². The highest BCUT2D eigenvalue weighted by Crippen LogP contribution is 2.24. The van der Waals surface area contributed by atoms with Crippen molar-refractivity contribution in [2.45, 2.75) is 19.6 Å². The summed E-state index contributed by atoms with van der Waals surface area (Å²) in [4.78, 5) is 12.0. The van der Waals surface area contributed by atoms with E-state index in [0.717, 1.165) is 5.56 Å². The minimum atomic E-state index is -0.599. The fraction of sp³-hybridized carbons (Fsp3) is 0.188. The van der Waals surface area contributed by atoms with Gasteiger partial charge in [-0.1, -0.05) is 54.1 Å². The van der Waals surface area contributed by atoms with Gasteiger partial charge in [0.2, 0.25) is 0 Å². The van der Waals surface area contributed by atoms with Gasteiger partial charge in [-0.3, -0.25) is 4.79 Å². The van der Waals surface area contributed by atoms with Crippen molar-refractivity contribution in [2.24, 2.45) is 0 Å². The van der Waals surface area contributed by atoms with Crippen molar-refractivity contribution in [1.29, 1.82) is 0 Å². The highest BCUT2D eigenvalue weighted by atomic mass is 35.5. The molecule has 2 rings (SSSR count). The number of amides is 1. The van der Waals surface area contributed by atoms with Gasteiger partial charge in [0.15, 0.2) is 6.10 Å². The Balaban J connectivity index is 1.88. The van der Waals surface area contributed by atoms with Crippen LogP contribution in [0, 0.1) is 0 Å². The van der Waals surface area contributed by atoms with Gasteiger partial charge in [0, 0.05) is 6.54 Å². The lowest BCUT2D eigenvalue weighted by Gasteiger charge is -2.15. The van der Waals surface area contributed by atoms with Gasteiger partial charge in [-0.05, 0) is 24.6 Å². The Morgan fingerprint density at radius 3 is 2.50 bits per heavy atom. The molecule has 0 bridgehead atoms. The zero-order chi connectivity index (χ0) is 14.4. The fourth-order valence-electron chi connectivity index (χ4n) is 1.71. The third kappa shape index (κ3) is 4.00. The van der Waals surface area contributed by atoms with Crippen LogP contribution in [-0.2, 0) is 11.3 Å². The van der Waals surface area contributed by atoms with Crippen molar-refractivity contribution in [2.75, 3.05) is 0 Å². The zero-order valence-corrected chi connectivity index (χ0v) is 11.9. The molecule has 0 saturated carbocycles. The molecule has 0 radical (unpaired) electrons. The summed E-state index contributed by atoms with van der Waals surface area (Å²) in [5.74, 6) is 0.338. The van der Waals surface area contributed by atoms with Gasteiger partial charge in [-0.25, -0.2) is 0 Å². The number of hydrogen-bond acceptors (Lipinski definition) is 2. The topological polar surface area (TPSA) is 38.3 Å². The number of para-hydroxylation sites is 1. The number of hydrogen-bond donors (Lipinski definition) is 1. The average Bonchev–Trinajstić information content (AvgIpc) is 2.48. The Morgan fingerprint density at radius 2 is 1.80 bits per heavy atom. The maximum atomic E-state index is 12.0. The molecule has 0 aliphatic rings. The van der Waals surface area contributed by atoms with Crippen LogP contribution in [0.5, 0.6) is 5.75 Å². The Morgan fingerprint density at radius 1 is 1.15 bits per heavy atom. The van der Waals surface area contributed by atoms with Crippen molar-refractivity contribution in [3.8, 4) is 5.75 Å². The number of halogens is 1. The number of rotatable bonds is 5. The van der Waals surface area contributed by atoms with E-state index in [-0.39, 0.29) is 5.91 Å². The van der Waals surface area contributed by atoms with Crippen molar-refractivity contribution < 1.29 is 9.53 Å². The number of nitrogens with one attached hydrogen (secondary N) is 1. The summed E-state index contributed by atoms with van der Waals surface area (Å²) in [6.45, 7) is 2.18. The first-order chi connectivity index (χ1) is 9.66. The van der Waals surface area contributed by atoms with Gasteiger partial charge < -0.3 is 10.1 Å². The second kappa shape index (κ2) is 6.96. The minimum Gasteiger partial charge on any atom is -0.479 e. The molecule has 0 fully saturated rings. The molecule has 1 atom stereocenters. The highest BCUT2D eigenvalue weighted by molar-refractivity contribution is 6.32. The molecule has 1 N–H and O–H groups in total. The molecule has 0 aliphatic heterocycles. The van der Waals surface area contributed by atoms with Gasteiger partial charge in [0.25, 0.3) is 5.91 Å². The molecule has 0 aromatic heterocycles. The first kappa shape index (κ1) is 14.4. The van der Waals surface area contributed by atoms with Crippen LogP contribution in [0.15, 0.2) is 54.6 Å². The summed E-state index contributed by atoms with van der Waals surface area (Å²) in [7, 11) is 0. The largest absolute Gasteiger partial charge is 0.479 e. The van der Waals surface area contributed by atoms with E-state index < -0.39 is 6.10 Å². The fourth-order valence-corrected chi connectivity index (χ4v) is 1.89. The summed E-state index contributed by atoms with van der Waals surface area (Å²) >= 11 is 5.99. The predicted molar refractivity (Wildman–Crippen MR) is 79.8 cm³/mol. The number of carbonyl (C=O) groups excluding carboxylic acids is 1.